The molecule has 24 heavy (non-hydrogen) atoms. The molecule has 0 saturated heterocycles. The molecule has 134 valence electrons. The first-order chi connectivity index (χ1) is 10.5. The first-order valence-corrected chi connectivity index (χ1v) is 15.5. The number of hydrogen-bond donors (Lipinski definition) is 0. The van der Waals surface area contributed by atoms with Gasteiger partial charge < -0.3 is 24.8 Å². The zero-order valence-corrected chi connectivity index (χ0v) is 19.9. The number of rotatable bonds is 3. The molecule has 3 aliphatic rings. The Balaban J connectivity index is 0.00000144. The summed E-state index contributed by atoms with van der Waals surface area (Å²) in [6, 6.07) is 0. The largest absolute Gasteiger partial charge is 1.00 e. The molecule has 0 aromatic heterocycles. The molecule has 0 spiro atoms. The third kappa shape index (κ3) is 3.74. The molecule has 0 aromatic carbocycles. The van der Waals surface area contributed by atoms with E-state index < -0.39 is 20.3 Å². The van der Waals surface area contributed by atoms with E-state index in [1.807, 2.05) is 6.56 Å². The summed E-state index contributed by atoms with van der Waals surface area (Å²) in [5.41, 5.74) is 6.48. The first-order valence-electron chi connectivity index (χ1n) is 9.21. The second-order valence-corrected chi connectivity index (χ2v) is 18.8. The maximum absolute atomic E-state index is 2.79. The molecule has 0 unspecified atom stereocenters. The van der Waals surface area contributed by atoms with Crippen molar-refractivity contribution in [1.29, 1.82) is 0 Å². The number of allylic oxidation sites excluding steroid dienone is 8. The minimum atomic E-state index is -2.47. The molecule has 0 amide bonds. The molecule has 0 nitrogen and oxygen atoms in total. The minimum Gasteiger partial charge on any atom is -1.00 e. The van der Waals surface area contributed by atoms with Crippen LogP contribution in [0.15, 0.2) is 41.0 Å². The monoisotopic (exact) mass is 444 g/mol. The molecule has 3 rings (SSSR count). The van der Waals surface area contributed by atoms with E-state index in [4.69, 9.17) is 0 Å². The third-order valence-electron chi connectivity index (χ3n) is 6.99. The van der Waals surface area contributed by atoms with Crippen LogP contribution >= 0.6 is 0 Å². The van der Waals surface area contributed by atoms with Crippen molar-refractivity contribution in [2.75, 3.05) is 0 Å². The summed E-state index contributed by atoms with van der Waals surface area (Å²) >= 11 is -2.47. The van der Waals surface area contributed by atoms with E-state index in [0.29, 0.717) is 0 Å². The summed E-state index contributed by atoms with van der Waals surface area (Å²) in [6.45, 7) is 9.48. The Labute approximate surface area is 166 Å². The first kappa shape index (κ1) is 22.5. The summed E-state index contributed by atoms with van der Waals surface area (Å²) in [6.07, 6.45) is 15.0. The topological polar surface area (TPSA) is 0 Å². The Morgan fingerprint density at radius 1 is 0.750 bits per heavy atom. The van der Waals surface area contributed by atoms with Crippen molar-refractivity contribution in [2.24, 2.45) is 0 Å². The van der Waals surface area contributed by atoms with Crippen LogP contribution < -0.4 is 24.8 Å². The summed E-state index contributed by atoms with van der Waals surface area (Å²) in [5.74, 6) is 0. The second-order valence-electron chi connectivity index (χ2n) is 7.93. The molecule has 0 radical (unpaired) electrons. The standard InChI is InChI=1S/2C7H9.C6H11.CH3.2ClH.Zr/c2*1-6-4-3-5-7(6)2;1-2-4-6-5-3-1;;;;/h2*4H,3H2,1-2H3;1H,2-6H2;1H3;2*1H;/q;;;;;;+2/p-2. The van der Waals surface area contributed by atoms with Gasteiger partial charge in [-0.3, -0.25) is 0 Å². The predicted octanol–water partition coefficient (Wildman–Crippen LogP) is 1.20. The average molecular weight is 447 g/mol. The molecule has 0 aliphatic heterocycles. The summed E-state index contributed by atoms with van der Waals surface area (Å²) in [4.78, 5) is 0. The van der Waals surface area contributed by atoms with Gasteiger partial charge in [-0.15, -0.1) is 0 Å². The molecule has 1 saturated carbocycles. The van der Waals surface area contributed by atoms with Gasteiger partial charge in [0, 0.05) is 0 Å². The van der Waals surface area contributed by atoms with Crippen molar-refractivity contribution < 1.29 is 45.1 Å². The van der Waals surface area contributed by atoms with Crippen LogP contribution in [0, 0.1) is 0 Å². The molecule has 0 N–H and O–H groups in total. The fourth-order valence-electron chi connectivity index (χ4n) is 5.16. The summed E-state index contributed by atoms with van der Waals surface area (Å²) in [5, 5.41) is 0. The summed E-state index contributed by atoms with van der Waals surface area (Å²) < 4.78 is 7.73. The van der Waals surface area contributed by atoms with Crippen molar-refractivity contribution in [3.8, 4) is 0 Å². The number of hydrogen-bond acceptors (Lipinski definition) is 0. The Kier molecular flexibility index (Phi) is 8.31. The zero-order chi connectivity index (χ0) is 15.9. The maximum atomic E-state index is 2.79. The minimum absolute atomic E-state index is 0. The van der Waals surface area contributed by atoms with Gasteiger partial charge in [-0.1, -0.05) is 0 Å². The van der Waals surface area contributed by atoms with Crippen LogP contribution in [0.3, 0.4) is 0 Å². The molecular weight excluding hydrogens is 414 g/mol. The Morgan fingerprint density at radius 3 is 1.50 bits per heavy atom. The van der Waals surface area contributed by atoms with Crippen LogP contribution in [0.4, 0.5) is 0 Å². The van der Waals surface area contributed by atoms with Gasteiger partial charge in [-0.2, -0.15) is 0 Å². The van der Waals surface area contributed by atoms with Gasteiger partial charge in [0.1, 0.15) is 0 Å². The molecule has 3 heteroatoms. The third-order valence-corrected chi connectivity index (χ3v) is 21.4. The zero-order valence-electron chi connectivity index (χ0n) is 15.9. The fourth-order valence-corrected chi connectivity index (χ4v) is 19.7. The van der Waals surface area contributed by atoms with E-state index in [1.54, 1.807) is 22.3 Å². The smallest absolute Gasteiger partial charge is 1.00 e. The van der Waals surface area contributed by atoms with Gasteiger partial charge in [0.2, 0.25) is 0 Å². The van der Waals surface area contributed by atoms with Gasteiger partial charge in [-0.25, -0.2) is 0 Å². The number of halogens is 2. The SMILES string of the molecule is CC1=CC[C]([Zr+2]([CH3])([C]2=C(C)C(C)=CC2)[CH]2CCCCC2)=C1C.[Cl-].[Cl-]. The predicted molar refractivity (Wildman–Crippen MR) is 94.8 cm³/mol. The Morgan fingerprint density at radius 2 is 1.17 bits per heavy atom. The summed E-state index contributed by atoms with van der Waals surface area (Å²) in [7, 11) is 0. The van der Waals surface area contributed by atoms with Crippen LogP contribution in [0.1, 0.15) is 72.6 Å². The van der Waals surface area contributed by atoms with E-state index >= 15 is 0 Å². The van der Waals surface area contributed by atoms with Crippen LogP contribution in [-0.4, -0.2) is 0 Å². The Bertz CT molecular complexity index is 559. The fraction of sp³-hybridized carbons (Fsp3) is 0.619. The van der Waals surface area contributed by atoms with Gasteiger partial charge in [-0.05, 0) is 0 Å². The van der Waals surface area contributed by atoms with Crippen molar-refractivity contribution in [2.45, 2.75) is 80.9 Å². The van der Waals surface area contributed by atoms with Crippen LogP contribution in [-0.2, 0) is 20.3 Å². The molecule has 0 aromatic rings. The molecule has 0 heterocycles. The van der Waals surface area contributed by atoms with Crippen molar-refractivity contribution in [1.82, 2.24) is 0 Å². The molecule has 1 fully saturated rings. The van der Waals surface area contributed by atoms with Crippen molar-refractivity contribution >= 4 is 0 Å². The molecular formula is C21H32Cl2Zr. The van der Waals surface area contributed by atoms with Crippen molar-refractivity contribution in [3.05, 3.63) is 41.0 Å². The van der Waals surface area contributed by atoms with Crippen molar-refractivity contribution in [3.63, 3.8) is 0 Å². The molecule has 0 atom stereocenters. The van der Waals surface area contributed by atoms with Crippen LogP contribution in [0.25, 0.3) is 0 Å². The van der Waals surface area contributed by atoms with Crippen LogP contribution in [0.5, 0.6) is 0 Å². The average Bonchev–Trinajstić information content (AvgIpc) is 3.04. The second kappa shape index (κ2) is 8.88. The van der Waals surface area contributed by atoms with Gasteiger partial charge in [0.25, 0.3) is 0 Å². The maximum Gasteiger partial charge on any atom is -1.00 e. The normalized spacial score (nSPS) is 21.5. The van der Waals surface area contributed by atoms with Gasteiger partial charge >= 0.3 is 142 Å². The van der Waals surface area contributed by atoms with E-state index in [1.165, 1.54) is 44.9 Å². The Hall–Kier alpha value is 0.423. The van der Waals surface area contributed by atoms with E-state index in [-0.39, 0.29) is 24.8 Å². The molecule has 3 aliphatic carbocycles. The van der Waals surface area contributed by atoms with Crippen LogP contribution in [0.2, 0.25) is 8.26 Å². The quantitative estimate of drug-likeness (QED) is 0.611. The molecule has 0 bridgehead atoms. The van der Waals surface area contributed by atoms with Gasteiger partial charge in [0.05, 0.1) is 0 Å². The van der Waals surface area contributed by atoms with Gasteiger partial charge in [0.15, 0.2) is 0 Å². The van der Waals surface area contributed by atoms with E-state index in [9.17, 15) is 0 Å². The van der Waals surface area contributed by atoms with E-state index in [0.717, 1.165) is 3.63 Å². The van der Waals surface area contributed by atoms with E-state index in [2.05, 4.69) is 44.5 Å².